The summed E-state index contributed by atoms with van der Waals surface area (Å²) in [6.45, 7) is 2.59. The SMILES string of the molecule is [B]C1(Oc2ccc(C)cc2Cl)CC(OCc2ccccc2)C1. The zero-order chi connectivity index (χ0) is 15.6. The van der Waals surface area contributed by atoms with Crippen molar-refractivity contribution in [1.82, 2.24) is 0 Å². The fraction of sp³-hybridized carbons (Fsp3) is 0.333. The van der Waals surface area contributed by atoms with Crippen LogP contribution >= 0.6 is 11.6 Å². The Hall–Kier alpha value is -1.45. The molecule has 4 heteroatoms. The standard InChI is InChI=1S/C18H18BClO2/c1-13-7-8-17(16(20)9-13)22-18(19)10-15(11-18)21-12-14-5-3-2-4-6-14/h2-9,15H,10-12H2,1H3. The largest absolute Gasteiger partial charge is 0.496 e. The molecular weight excluding hydrogens is 294 g/mol. The third kappa shape index (κ3) is 3.65. The number of rotatable bonds is 5. The molecule has 1 aliphatic carbocycles. The van der Waals surface area contributed by atoms with Gasteiger partial charge in [0.15, 0.2) is 0 Å². The Morgan fingerprint density at radius 3 is 2.59 bits per heavy atom. The number of hydrogen-bond donors (Lipinski definition) is 0. The molecule has 0 bridgehead atoms. The van der Waals surface area contributed by atoms with Crippen molar-refractivity contribution >= 4 is 19.4 Å². The van der Waals surface area contributed by atoms with Crippen molar-refractivity contribution in [2.75, 3.05) is 0 Å². The summed E-state index contributed by atoms with van der Waals surface area (Å²) in [6.07, 6.45) is 1.48. The zero-order valence-corrected chi connectivity index (χ0v) is 13.3. The highest BCUT2D eigenvalue weighted by molar-refractivity contribution is 6.32. The highest BCUT2D eigenvalue weighted by atomic mass is 35.5. The van der Waals surface area contributed by atoms with Gasteiger partial charge in [0.2, 0.25) is 0 Å². The lowest BCUT2D eigenvalue weighted by Crippen LogP contribution is -2.53. The van der Waals surface area contributed by atoms with Crippen LogP contribution in [0, 0.1) is 6.92 Å². The second-order valence-electron chi connectivity index (χ2n) is 5.93. The van der Waals surface area contributed by atoms with Crippen LogP contribution in [0.4, 0.5) is 0 Å². The maximum absolute atomic E-state index is 6.24. The van der Waals surface area contributed by atoms with Gasteiger partial charge in [-0.1, -0.05) is 48.0 Å². The summed E-state index contributed by atoms with van der Waals surface area (Å²) in [5.41, 5.74) is 1.58. The van der Waals surface area contributed by atoms with Crippen LogP contribution in [0.2, 0.25) is 5.02 Å². The number of ether oxygens (including phenoxy) is 2. The van der Waals surface area contributed by atoms with E-state index in [-0.39, 0.29) is 6.10 Å². The molecule has 1 fully saturated rings. The minimum atomic E-state index is -0.680. The van der Waals surface area contributed by atoms with E-state index in [0.717, 1.165) is 5.56 Å². The van der Waals surface area contributed by atoms with E-state index in [1.165, 1.54) is 5.56 Å². The number of halogens is 1. The molecule has 0 unspecified atom stereocenters. The molecule has 0 amide bonds. The summed E-state index contributed by atoms with van der Waals surface area (Å²) in [5, 5.41) is 0.596. The Labute approximate surface area is 137 Å². The summed E-state index contributed by atoms with van der Waals surface area (Å²) in [5.74, 6) is 0.635. The van der Waals surface area contributed by atoms with E-state index < -0.39 is 5.50 Å². The Kier molecular flexibility index (Phi) is 4.46. The van der Waals surface area contributed by atoms with Gasteiger partial charge in [0.25, 0.3) is 0 Å². The molecule has 1 aliphatic rings. The molecule has 0 heterocycles. The van der Waals surface area contributed by atoms with Crippen LogP contribution in [0.15, 0.2) is 48.5 Å². The van der Waals surface area contributed by atoms with Crippen molar-refractivity contribution < 1.29 is 9.47 Å². The normalized spacial score (nSPS) is 23.8. The predicted octanol–water partition coefficient (Wildman–Crippen LogP) is 4.27. The smallest absolute Gasteiger partial charge is 0.137 e. The van der Waals surface area contributed by atoms with Gasteiger partial charge < -0.3 is 9.47 Å². The topological polar surface area (TPSA) is 18.5 Å². The Bertz CT molecular complexity index is 639. The van der Waals surface area contributed by atoms with E-state index in [1.54, 1.807) is 0 Å². The average Bonchev–Trinajstić information content (AvgIpc) is 2.47. The molecular formula is C18H18BClO2. The van der Waals surface area contributed by atoms with E-state index in [0.29, 0.717) is 30.2 Å². The van der Waals surface area contributed by atoms with Crippen LogP contribution in [0.5, 0.6) is 5.75 Å². The van der Waals surface area contributed by atoms with Gasteiger partial charge in [-0.3, -0.25) is 0 Å². The minimum Gasteiger partial charge on any atom is -0.496 e. The Morgan fingerprint density at radius 1 is 1.18 bits per heavy atom. The lowest BCUT2D eigenvalue weighted by molar-refractivity contribution is -0.0886. The van der Waals surface area contributed by atoms with Crippen LogP contribution in [0.3, 0.4) is 0 Å². The molecule has 2 nitrogen and oxygen atoms in total. The second-order valence-corrected chi connectivity index (χ2v) is 6.33. The van der Waals surface area contributed by atoms with Gasteiger partial charge in [-0.25, -0.2) is 0 Å². The first-order valence-electron chi connectivity index (χ1n) is 7.44. The highest BCUT2D eigenvalue weighted by Crippen LogP contribution is 2.39. The fourth-order valence-electron chi connectivity index (χ4n) is 2.61. The molecule has 0 atom stereocenters. The fourth-order valence-corrected chi connectivity index (χ4v) is 2.88. The van der Waals surface area contributed by atoms with Gasteiger partial charge in [-0.15, -0.1) is 0 Å². The van der Waals surface area contributed by atoms with E-state index in [1.807, 2.05) is 43.3 Å². The first-order valence-corrected chi connectivity index (χ1v) is 7.81. The number of aryl methyl sites for hydroxylation is 1. The van der Waals surface area contributed by atoms with E-state index in [9.17, 15) is 0 Å². The van der Waals surface area contributed by atoms with E-state index in [4.69, 9.17) is 28.9 Å². The van der Waals surface area contributed by atoms with Crippen molar-refractivity contribution in [3.63, 3.8) is 0 Å². The Balaban J connectivity index is 1.51. The molecule has 0 aliphatic heterocycles. The maximum Gasteiger partial charge on any atom is 0.137 e. The van der Waals surface area contributed by atoms with Crippen molar-refractivity contribution in [3.05, 3.63) is 64.7 Å². The third-order valence-corrected chi connectivity index (χ3v) is 4.17. The van der Waals surface area contributed by atoms with Crippen molar-refractivity contribution in [1.29, 1.82) is 0 Å². The minimum absolute atomic E-state index is 0.134. The second kappa shape index (κ2) is 6.35. The average molecular weight is 313 g/mol. The van der Waals surface area contributed by atoms with Crippen molar-refractivity contribution in [3.8, 4) is 5.75 Å². The van der Waals surface area contributed by atoms with Crippen LogP contribution in [0.25, 0.3) is 0 Å². The Morgan fingerprint density at radius 2 is 1.91 bits per heavy atom. The van der Waals surface area contributed by atoms with Crippen LogP contribution in [-0.4, -0.2) is 19.5 Å². The van der Waals surface area contributed by atoms with Crippen LogP contribution in [-0.2, 0) is 11.3 Å². The van der Waals surface area contributed by atoms with Gasteiger partial charge >= 0.3 is 0 Å². The van der Waals surface area contributed by atoms with E-state index >= 15 is 0 Å². The van der Waals surface area contributed by atoms with Crippen molar-refractivity contribution in [2.45, 2.75) is 38.0 Å². The molecule has 0 N–H and O–H groups in total. The number of benzene rings is 2. The monoisotopic (exact) mass is 312 g/mol. The molecule has 0 saturated heterocycles. The molecule has 2 radical (unpaired) electrons. The highest BCUT2D eigenvalue weighted by Gasteiger charge is 2.42. The lowest BCUT2D eigenvalue weighted by Gasteiger charge is -2.45. The first-order chi connectivity index (χ1) is 10.5. The van der Waals surface area contributed by atoms with Crippen LogP contribution < -0.4 is 4.74 Å². The molecule has 0 aromatic heterocycles. The molecule has 2 aromatic rings. The van der Waals surface area contributed by atoms with Gasteiger partial charge in [0.1, 0.15) is 13.6 Å². The quantitative estimate of drug-likeness (QED) is 0.768. The predicted molar refractivity (Wildman–Crippen MR) is 89.6 cm³/mol. The maximum atomic E-state index is 6.24. The van der Waals surface area contributed by atoms with Gasteiger partial charge in [-0.2, -0.15) is 0 Å². The van der Waals surface area contributed by atoms with Gasteiger partial charge in [0.05, 0.1) is 23.2 Å². The molecule has 22 heavy (non-hydrogen) atoms. The summed E-state index contributed by atoms with van der Waals surface area (Å²) in [7, 11) is 6.24. The summed E-state index contributed by atoms with van der Waals surface area (Å²) in [6, 6.07) is 15.8. The van der Waals surface area contributed by atoms with Gasteiger partial charge in [-0.05, 0) is 30.2 Å². The molecule has 3 rings (SSSR count). The molecule has 112 valence electrons. The number of hydrogen-bond acceptors (Lipinski definition) is 2. The molecule has 0 spiro atoms. The van der Waals surface area contributed by atoms with Crippen LogP contribution in [0.1, 0.15) is 24.0 Å². The summed E-state index contributed by atoms with van der Waals surface area (Å²) < 4.78 is 11.7. The zero-order valence-electron chi connectivity index (χ0n) is 12.6. The lowest BCUT2D eigenvalue weighted by atomic mass is 9.63. The van der Waals surface area contributed by atoms with E-state index in [2.05, 4.69) is 12.1 Å². The van der Waals surface area contributed by atoms with Gasteiger partial charge in [0, 0.05) is 12.8 Å². The molecule has 2 aromatic carbocycles. The first kappa shape index (κ1) is 15.5. The summed E-state index contributed by atoms with van der Waals surface area (Å²) >= 11 is 6.18. The molecule has 1 saturated carbocycles. The third-order valence-electron chi connectivity index (χ3n) is 3.88. The summed E-state index contributed by atoms with van der Waals surface area (Å²) in [4.78, 5) is 0. The van der Waals surface area contributed by atoms with Crippen molar-refractivity contribution in [2.24, 2.45) is 0 Å².